The lowest BCUT2D eigenvalue weighted by atomic mass is 10.1. The zero-order chi connectivity index (χ0) is 15.4. The number of anilines is 2. The lowest BCUT2D eigenvalue weighted by Gasteiger charge is -2.40. The van der Waals surface area contributed by atoms with Crippen molar-refractivity contribution in [1.82, 2.24) is 5.32 Å². The van der Waals surface area contributed by atoms with Crippen LogP contribution >= 0.6 is 0 Å². The van der Waals surface area contributed by atoms with Crippen LogP contribution in [0, 0.1) is 0 Å². The molecule has 3 N–H and O–H groups in total. The van der Waals surface area contributed by atoms with E-state index < -0.39 is 0 Å². The number of ether oxygens (including phenoxy) is 1. The molecule has 0 bridgehead atoms. The van der Waals surface area contributed by atoms with Gasteiger partial charge in [-0.3, -0.25) is 4.79 Å². The van der Waals surface area contributed by atoms with Crippen molar-refractivity contribution in [2.24, 2.45) is 0 Å². The van der Waals surface area contributed by atoms with Gasteiger partial charge in [-0.05, 0) is 38.5 Å². The second-order valence-electron chi connectivity index (χ2n) is 5.49. The van der Waals surface area contributed by atoms with E-state index in [-0.39, 0.29) is 12.0 Å². The van der Waals surface area contributed by atoms with Gasteiger partial charge in [0, 0.05) is 18.7 Å². The Morgan fingerprint density at radius 2 is 2.24 bits per heavy atom. The minimum Gasteiger partial charge on any atom is -0.397 e. The molecule has 5 nitrogen and oxygen atoms in total. The van der Waals surface area contributed by atoms with Crippen LogP contribution < -0.4 is 16.0 Å². The molecule has 1 amide bonds. The van der Waals surface area contributed by atoms with Crippen molar-refractivity contribution in [2.45, 2.75) is 39.3 Å². The SMILES string of the molecule is CCNC(=O)c1ccc(N2CC(C)OCC2CC)c(N)c1. The number of carbonyl (C=O) groups excluding carboxylic acids is 1. The predicted molar refractivity (Wildman–Crippen MR) is 85.7 cm³/mol. The van der Waals surface area contributed by atoms with E-state index in [1.165, 1.54) is 0 Å². The fourth-order valence-electron chi connectivity index (χ4n) is 2.70. The Labute approximate surface area is 126 Å². The first kappa shape index (κ1) is 15.6. The zero-order valence-corrected chi connectivity index (χ0v) is 13.1. The fraction of sp³-hybridized carbons (Fsp3) is 0.562. The van der Waals surface area contributed by atoms with E-state index in [0.717, 1.165) is 25.3 Å². The van der Waals surface area contributed by atoms with Gasteiger partial charge < -0.3 is 20.7 Å². The molecule has 0 saturated carbocycles. The summed E-state index contributed by atoms with van der Waals surface area (Å²) in [6.07, 6.45) is 1.19. The van der Waals surface area contributed by atoms with Crippen LogP contribution in [0.5, 0.6) is 0 Å². The average Bonchev–Trinajstić information content (AvgIpc) is 2.47. The molecule has 1 aliphatic heterocycles. The topological polar surface area (TPSA) is 67.6 Å². The summed E-state index contributed by atoms with van der Waals surface area (Å²) in [5.41, 5.74) is 8.43. The van der Waals surface area contributed by atoms with Crippen LogP contribution in [0.3, 0.4) is 0 Å². The summed E-state index contributed by atoms with van der Waals surface area (Å²) in [6.45, 7) is 8.27. The van der Waals surface area contributed by atoms with Gasteiger partial charge in [0.25, 0.3) is 5.91 Å². The predicted octanol–water partition coefficient (Wildman–Crippen LogP) is 2.02. The summed E-state index contributed by atoms with van der Waals surface area (Å²) in [5.74, 6) is -0.0851. The number of nitrogens with one attached hydrogen (secondary N) is 1. The molecule has 5 heteroatoms. The van der Waals surface area contributed by atoms with Crippen molar-refractivity contribution in [3.05, 3.63) is 23.8 Å². The van der Waals surface area contributed by atoms with E-state index in [4.69, 9.17) is 10.5 Å². The van der Waals surface area contributed by atoms with Crippen molar-refractivity contribution >= 4 is 17.3 Å². The summed E-state index contributed by atoms with van der Waals surface area (Å²) < 4.78 is 5.72. The third-order valence-electron chi connectivity index (χ3n) is 3.88. The highest BCUT2D eigenvalue weighted by atomic mass is 16.5. The molecular weight excluding hydrogens is 266 g/mol. The van der Waals surface area contributed by atoms with Crippen LogP contribution in [0.25, 0.3) is 0 Å². The molecule has 1 fully saturated rings. The first-order valence-electron chi connectivity index (χ1n) is 7.62. The van der Waals surface area contributed by atoms with Crippen LogP contribution in [0.4, 0.5) is 11.4 Å². The van der Waals surface area contributed by atoms with E-state index in [1.54, 1.807) is 6.07 Å². The average molecular weight is 291 g/mol. The fourth-order valence-corrected chi connectivity index (χ4v) is 2.70. The molecule has 1 heterocycles. The molecule has 1 aromatic carbocycles. The quantitative estimate of drug-likeness (QED) is 0.833. The van der Waals surface area contributed by atoms with Gasteiger partial charge in [-0.15, -0.1) is 0 Å². The molecule has 116 valence electrons. The molecule has 0 aliphatic carbocycles. The van der Waals surface area contributed by atoms with Crippen LogP contribution in [-0.4, -0.2) is 37.7 Å². The third kappa shape index (κ3) is 3.47. The van der Waals surface area contributed by atoms with E-state index in [0.29, 0.717) is 23.8 Å². The number of benzene rings is 1. The molecule has 0 aromatic heterocycles. The van der Waals surface area contributed by atoms with Crippen molar-refractivity contribution in [1.29, 1.82) is 0 Å². The highest BCUT2D eigenvalue weighted by Crippen LogP contribution is 2.29. The molecule has 1 saturated heterocycles. The molecule has 1 aliphatic rings. The number of carbonyl (C=O) groups is 1. The van der Waals surface area contributed by atoms with Crippen LogP contribution in [-0.2, 0) is 4.74 Å². The number of nitrogens with zero attached hydrogens (tertiary/aromatic N) is 1. The van der Waals surface area contributed by atoms with Crippen molar-refractivity contribution in [2.75, 3.05) is 30.3 Å². The Morgan fingerprint density at radius 1 is 1.48 bits per heavy atom. The lowest BCUT2D eigenvalue weighted by molar-refractivity contribution is 0.0300. The largest absolute Gasteiger partial charge is 0.397 e. The number of nitrogens with two attached hydrogens (primary N) is 1. The number of nitrogen functional groups attached to an aromatic ring is 1. The molecule has 2 unspecified atom stereocenters. The molecule has 21 heavy (non-hydrogen) atoms. The van der Waals surface area contributed by atoms with E-state index in [2.05, 4.69) is 24.1 Å². The van der Waals surface area contributed by atoms with Gasteiger partial charge in [0.15, 0.2) is 0 Å². The zero-order valence-electron chi connectivity index (χ0n) is 13.1. The number of hydrogen-bond donors (Lipinski definition) is 2. The maximum absolute atomic E-state index is 11.9. The van der Waals surface area contributed by atoms with E-state index in [9.17, 15) is 4.79 Å². The maximum atomic E-state index is 11.9. The standard InChI is InChI=1S/C16H25N3O2/c1-4-13-10-21-11(3)9-19(13)15-7-6-12(8-14(15)17)16(20)18-5-2/h6-8,11,13H,4-5,9-10,17H2,1-3H3,(H,18,20). The summed E-state index contributed by atoms with van der Waals surface area (Å²) in [7, 11) is 0. The van der Waals surface area contributed by atoms with E-state index in [1.807, 2.05) is 19.1 Å². The summed E-state index contributed by atoms with van der Waals surface area (Å²) >= 11 is 0. The monoisotopic (exact) mass is 291 g/mol. The second-order valence-corrected chi connectivity index (χ2v) is 5.49. The second kappa shape index (κ2) is 6.80. The summed E-state index contributed by atoms with van der Waals surface area (Å²) in [4.78, 5) is 14.2. The first-order valence-corrected chi connectivity index (χ1v) is 7.62. The Balaban J connectivity index is 2.24. The van der Waals surface area contributed by atoms with Crippen molar-refractivity contribution < 1.29 is 9.53 Å². The molecule has 2 atom stereocenters. The number of hydrogen-bond acceptors (Lipinski definition) is 4. The molecular formula is C16H25N3O2. The summed E-state index contributed by atoms with van der Waals surface area (Å²) in [5, 5.41) is 2.79. The van der Waals surface area contributed by atoms with Crippen molar-refractivity contribution in [3.63, 3.8) is 0 Å². The molecule has 0 radical (unpaired) electrons. The maximum Gasteiger partial charge on any atom is 0.251 e. The Morgan fingerprint density at radius 3 is 2.86 bits per heavy atom. The number of amides is 1. The Kier molecular flexibility index (Phi) is 5.07. The minimum atomic E-state index is -0.0851. The Bertz CT molecular complexity index is 504. The molecule has 0 spiro atoms. The van der Waals surface area contributed by atoms with E-state index >= 15 is 0 Å². The van der Waals surface area contributed by atoms with Gasteiger partial charge in [-0.2, -0.15) is 0 Å². The van der Waals surface area contributed by atoms with Crippen LogP contribution in [0.1, 0.15) is 37.6 Å². The van der Waals surface area contributed by atoms with Gasteiger partial charge in [-0.25, -0.2) is 0 Å². The highest BCUT2D eigenvalue weighted by Gasteiger charge is 2.27. The third-order valence-corrected chi connectivity index (χ3v) is 3.88. The smallest absolute Gasteiger partial charge is 0.251 e. The van der Waals surface area contributed by atoms with Crippen LogP contribution in [0.15, 0.2) is 18.2 Å². The van der Waals surface area contributed by atoms with Gasteiger partial charge in [0.1, 0.15) is 0 Å². The number of rotatable bonds is 4. The molecule has 1 aromatic rings. The van der Waals surface area contributed by atoms with Gasteiger partial charge in [0.05, 0.1) is 30.1 Å². The van der Waals surface area contributed by atoms with Crippen LogP contribution in [0.2, 0.25) is 0 Å². The normalized spacial score (nSPS) is 22.1. The lowest BCUT2D eigenvalue weighted by Crippen LogP contribution is -2.49. The van der Waals surface area contributed by atoms with Gasteiger partial charge in [-0.1, -0.05) is 6.92 Å². The number of morpholine rings is 1. The Hall–Kier alpha value is -1.75. The molecule has 2 rings (SSSR count). The van der Waals surface area contributed by atoms with Gasteiger partial charge >= 0.3 is 0 Å². The highest BCUT2D eigenvalue weighted by molar-refractivity contribution is 5.96. The first-order chi connectivity index (χ1) is 10.1. The summed E-state index contributed by atoms with van der Waals surface area (Å²) in [6, 6.07) is 5.87. The van der Waals surface area contributed by atoms with Crippen molar-refractivity contribution in [3.8, 4) is 0 Å². The minimum absolute atomic E-state index is 0.0851. The van der Waals surface area contributed by atoms with Gasteiger partial charge in [0.2, 0.25) is 0 Å².